The summed E-state index contributed by atoms with van der Waals surface area (Å²) in [6.07, 6.45) is 0. The summed E-state index contributed by atoms with van der Waals surface area (Å²) in [5.41, 5.74) is 6.74. The van der Waals surface area contributed by atoms with E-state index >= 15 is 0 Å². The number of hydrogen-bond donors (Lipinski definition) is 0. The van der Waals surface area contributed by atoms with Crippen LogP contribution in [0.1, 0.15) is 16.8 Å². The highest BCUT2D eigenvalue weighted by molar-refractivity contribution is 6.30. The van der Waals surface area contributed by atoms with Crippen molar-refractivity contribution in [2.24, 2.45) is 0 Å². The van der Waals surface area contributed by atoms with Crippen LogP contribution in [0.3, 0.4) is 0 Å². The molecule has 0 aliphatic carbocycles. The molecule has 0 bridgehead atoms. The molecule has 0 unspecified atom stereocenters. The molecule has 3 aromatic rings. The first-order valence-electron chi connectivity index (χ1n) is 9.57. The van der Waals surface area contributed by atoms with Crippen molar-refractivity contribution >= 4 is 11.6 Å². The lowest BCUT2D eigenvalue weighted by atomic mass is 10.1. The highest BCUT2D eigenvalue weighted by Gasteiger charge is 2.19. The summed E-state index contributed by atoms with van der Waals surface area (Å²) in [7, 11) is 0. The van der Waals surface area contributed by atoms with E-state index in [9.17, 15) is 4.39 Å². The third-order valence-corrected chi connectivity index (χ3v) is 5.63. The molecule has 0 N–H and O–H groups in total. The van der Waals surface area contributed by atoms with Crippen molar-refractivity contribution < 1.29 is 9.13 Å². The molecule has 0 saturated carbocycles. The van der Waals surface area contributed by atoms with Gasteiger partial charge in [0, 0.05) is 41.6 Å². The zero-order chi connectivity index (χ0) is 19.7. The fourth-order valence-corrected chi connectivity index (χ4v) is 4.08. The van der Waals surface area contributed by atoms with E-state index in [-0.39, 0.29) is 5.82 Å². The van der Waals surface area contributed by atoms with Crippen molar-refractivity contribution in [2.45, 2.75) is 20.4 Å². The Balaban J connectivity index is 1.82. The van der Waals surface area contributed by atoms with Crippen molar-refractivity contribution in [2.75, 3.05) is 26.3 Å². The lowest BCUT2D eigenvalue weighted by Gasteiger charge is -2.26. The third-order valence-electron chi connectivity index (χ3n) is 5.40. The number of aromatic nitrogens is 1. The van der Waals surface area contributed by atoms with Crippen LogP contribution in [0.25, 0.3) is 16.9 Å². The van der Waals surface area contributed by atoms with Crippen molar-refractivity contribution in [3.05, 3.63) is 76.2 Å². The fourth-order valence-electron chi connectivity index (χ4n) is 3.85. The third kappa shape index (κ3) is 3.86. The number of ether oxygens (including phenoxy) is 1. The predicted molar refractivity (Wildman–Crippen MR) is 112 cm³/mol. The summed E-state index contributed by atoms with van der Waals surface area (Å²) in [4.78, 5) is 2.42. The van der Waals surface area contributed by atoms with Gasteiger partial charge in [-0.05, 0) is 67.4 Å². The van der Waals surface area contributed by atoms with Crippen molar-refractivity contribution in [1.82, 2.24) is 9.47 Å². The van der Waals surface area contributed by atoms with Crippen LogP contribution in [0, 0.1) is 19.7 Å². The summed E-state index contributed by atoms with van der Waals surface area (Å²) < 4.78 is 21.2. The summed E-state index contributed by atoms with van der Waals surface area (Å²) in [5, 5.41) is 0.728. The Morgan fingerprint density at radius 3 is 2.39 bits per heavy atom. The van der Waals surface area contributed by atoms with Gasteiger partial charge in [-0.15, -0.1) is 0 Å². The van der Waals surface area contributed by atoms with E-state index in [1.165, 1.54) is 23.4 Å². The second kappa shape index (κ2) is 8.08. The van der Waals surface area contributed by atoms with Gasteiger partial charge < -0.3 is 9.30 Å². The van der Waals surface area contributed by atoms with Gasteiger partial charge in [-0.3, -0.25) is 4.90 Å². The second-order valence-corrected chi connectivity index (χ2v) is 7.74. The molecule has 146 valence electrons. The van der Waals surface area contributed by atoms with Gasteiger partial charge in [0.25, 0.3) is 0 Å². The van der Waals surface area contributed by atoms with E-state index in [0.29, 0.717) is 0 Å². The quantitative estimate of drug-likeness (QED) is 0.586. The van der Waals surface area contributed by atoms with Crippen LogP contribution in [0.2, 0.25) is 5.02 Å². The number of morpholine rings is 1. The molecule has 2 aromatic carbocycles. The topological polar surface area (TPSA) is 17.4 Å². The van der Waals surface area contributed by atoms with Gasteiger partial charge in [-0.1, -0.05) is 17.7 Å². The minimum Gasteiger partial charge on any atom is -0.379 e. The van der Waals surface area contributed by atoms with Crippen LogP contribution in [-0.4, -0.2) is 35.8 Å². The van der Waals surface area contributed by atoms with E-state index < -0.39 is 0 Å². The lowest BCUT2D eigenvalue weighted by molar-refractivity contribution is 0.0341. The molecule has 0 radical (unpaired) electrons. The maximum atomic E-state index is 13.5. The van der Waals surface area contributed by atoms with Gasteiger partial charge in [0.05, 0.1) is 18.9 Å². The minimum atomic E-state index is -0.230. The number of rotatable bonds is 4. The Morgan fingerprint density at radius 1 is 1.00 bits per heavy atom. The molecule has 1 saturated heterocycles. The molecule has 1 fully saturated rings. The largest absolute Gasteiger partial charge is 0.379 e. The Labute approximate surface area is 170 Å². The molecule has 5 heteroatoms. The Kier molecular flexibility index (Phi) is 5.54. The SMILES string of the molecule is Cc1cc(Cl)ccc1-c1cc(CN2CCOCC2)c(C)n1-c1ccc(F)cc1. The standard InChI is InChI=1S/C23H24ClFN2O/c1-16-13-19(24)3-8-22(16)23-14-18(15-26-9-11-28-12-10-26)17(2)27(23)21-6-4-20(25)5-7-21/h3-8,13-14H,9-12,15H2,1-2H3. The fraction of sp³-hybridized carbons (Fsp3) is 0.304. The molecular formula is C23H24ClFN2O. The summed E-state index contributed by atoms with van der Waals surface area (Å²) in [6, 6.07) is 14.9. The molecule has 1 aliphatic heterocycles. The van der Waals surface area contributed by atoms with Crippen LogP contribution in [0.15, 0.2) is 48.5 Å². The normalized spacial score (nSPS) is 15.1. The van der Waals surface area contributed by atoms with Crippen LogP contribution >= 0.6 is 11.6 Å². The maximum absolute atomic E-state index is 13.5. The van der Waals surface area contributed by atoms with Crippen LogP contribution in [0.4, 0.5) is 4.39 Å². The van der Waals surface area contributed by atoms with Crippen molar-refractivity contribution in [1.29, 1.82) is 0 Å². The minimum absolute atomic E-state index is 0.230. The van der Waals surface area contributed by atoms with E-state index in [1.54, 1.807) is 0 Å². The average molecular weight is 399 g/mol. The van der Waals surface area contributed by atoms with Crippen LogP contribution in [0.5, 0.6) is 0 Å². The van der Waals surface area contributed by atoms with Gasteiger partial charge in [0.2, 0.25) is 0 Å². The van der Waals surface area contributed by atoms with E-state index in [2.05, 4.69) is 35.4 Å². The van der Waals surface area contributed by atoms with Crippen LogP contribution in [-0.2, 0) is 11.3 Å². The number of nitrogens with zero attached hydrogens (tertiary/aromatic N) is 2. The second-order valence-electron chi connectivity index (χ2n) is 7.30. The summed E-state index contributed by atoms with van der Waals surface area (Å²) in [5.74, 6) is -0.230. The molecular weight excluding hydrogens is 375 g/mol. The Bertz CT molecular complexity index is 975. The summed E-state index contributed by atoms with van der Waals surface area (Å²) in [6.45, 7) is 8.52. The molecule has 0 amide bonds. The van der Waals surface area contributed by atoms with E-state index in [0.717, 1.165) is 60.4 Å². The molecule has 0 atom stereocenters. The number of halogens is 2. The molecule has 1 aromatic heterocycles. The maximum Gasteiger partial charge on any atom is 0.123 e. The van der Waals surface area contributed by atoms with Gasteiger partial charge in [0.1, 0.15) is 5.82 Å². The van der Waals surface area contributed by atoms with E-state index in [1.807, 2.05) is 24.3 Å². The van der Waals surface area contributed by atoms with Gasteiger partial charge in [0.15, 0.2) is 0 Å². The Morgan fingerprint density at radius 2 is 1.71 bits per heavy atom. The predicted octanol–water partition coefficient (Wildman–Crippen LogP) is 5.39. The highest BCUT2D eigenvalue weighted by Crippen LogP contribution is 2.33. The zero-order valence-corrected chi connectivity index (χ0v) is 17.0. The monoisotopic (exact) mass is 398 g/mol. The first-order chi connectivity index (χ1) is 13.5. The van der Waals surface area contributed by atoms with Gasteiger partial charge in [-0.2, -0.15) is 0 Å². The van der Waals surface area contributed by atoms with Crippen LogP contribution < -0.4 is 0 Å². The average Bonchev–Trinajstić information content (AvgIpc) is 2.99. The lowest BCUT2D eigenvalue weighted by Crippen LogP contribution is -2.35. The molecule has 0 spiro atoms. The number of aryl methyl sites for hydroxylation is 1. The first kappa shape index (κ1) is 19.2. The van der Waals surface area contributed by atoms with Crippen molar-refractivity contribution in [3.63, 3.8) is 0 Å². The molecule has 2 heterocycles. The first-order valence-corrected chi connectivity index (χ1v) is 9.94. The van der Waals surface area contributed by atoms with Crippen molar-refractivity contribution in [3.8, 4) is 16.9 Å². The molecule has 4 rings (SSSR count). The summed E-state index contributed by atoms with van der Waals surface area (Å²) >= 11 is 6.18. The molecule has 3 nitrogen and oxygen atoms in total. The number of benzene rings is 2. The zero-order valence-electron chi connectivity index (χ0n) is 16.2. The molecule has 1 aliphatic rings. The number of hydrogen-bond acceptors (Lipinski definition) is 2. The van der Waals surface area contributed by atoms with Gasteiger partial charge >= 0.3 is 0 Å². The molecule has 28 heavy (non-hydrogen) atoms. The van der Waals surface area contributed by atoms with Gasteiger partial charge in [-0.25, -0.2) is 4.39 Å². The van der Waals surface area contributed by atoms with E-state index in [4.69, 9.17) is 16.3 Å². The smallest absolute Gasteiger partial charge is 0.123 e. The highest BCUT2D eigenvalue weighted by atomic mass is 35.5. The Hall–Kier alpha value is -2.14.